The summed E-state index contributed by atoms with van der Waals surface area (Å²) in [5.74, 6) is 0.680. The van der Waals surface area contributed by atoms with Gasteiger partial charge in [-0.1, -0.05) is 26.8 Å². The van der Waals surface area contributed by atoms with Crippen molar-refractivity contribution in [2.24, 2.45) is 5.41 Å². The van der Waals surface area contributed by atoms with Crippen molar-refractivity contribution in [1.82, 2.24) is 15.3 Å². The summed E-state index contributed by atoms with van der Waals surface area (Å²) >= 11 is 0. The second-order valence-corrected chi connectivity index (χ2v) is 11.4. The minimum atomic E-state index is -0.571. The number of amides is 1. The predicted octanol–water partition coefficient (Wildman–Crippen LogP) is 4.47. The summed E-state index contributed by atoms with van der Waals surface area (Å²) in [5.41, 5.74) is 0.933. The van der Waals surface area contributed by atoms with Gasteiger partial charge < -0.3 is 24.3 Å². The van der Waals surface area contributed by atoms with Crippen LogP contribution in [0.5, 0.6) is 0 Å². The third kappa shape index (κ3) is 5.06. The number of alkyl carbamates (subject to hydrolysis) is 1. The van der Waals surface area contributed by atoms with E-state index in [1.54, 1.807) is 0 Å². The van der Waals surface area contributed by atoms with E-state index in [-0.39, 0.29) is 11.5 Å². The molecule has 0 saturated carbocycles. The van der Waals surface area contributed by atoms with Gasteiger partial charge in [-0.3, -0.25) is 0 Å². The molecule has 1 fully saturated rings. The Bertz CT molecular complexity index is 953. The lowest BCUT2D eigenvalue weighted by Crippen LogP contribution is -2.41. The maximum absolute atomic E-state index is 12.4. The first kappa shape index (κ1) is 23.6. The zero-order valence-corrected chi connectivity index (χ0v) is 20.5. The molecule has 0 bridgehead atoms. The molecule has 2 heterocycles. The van der Waals surface area contributed by atoms with Crippen molar-refractivity contribution >= 4 is 29.7 Å². The van der Waals surface area contributed by atoms with E-state index in [1.807, 2.05) is 66.7 Å². The largest absolute Gasteiger partial charge is 0.494 e. The van der Waals surface area contributed by atoms with Crippen LogP contribution < -0.4 is 10.8 Å². The molecule has 0 aliphatic carbocycles. The number of imidazole rings is 1. The minimum absolute atomic E-state index is 0.278. The monoisotopic (exact) mass is 429 g/mol. The lowest BCUT2D eigenvalue weighted by atomic mass is 9.79. The summed E-state index contributed by atoms with van der Waals surface area (Å²) in [4.78, 5) is 20.6. The van der Waals surface area contributed by atoms with Gasteiger partial charge >= 0.3 is 13.2 Å². The second kappa shape index (κ2) is 7.52. The van der Waals surface area contributed by atoms with Gasteiger partial charge in [0, 0.05) is 0 Å². The van der Waals surface area contributed by atoms with Crippen LogP contribution in [0.3, 0.4) is 0 Å². The van der Waals surface area contributed by atoms with E-state index < -0.39 is 30.0 Å². The summed E-state index contributed by atoms with van der Waals surface area (Å²) in [5, 5.41) is 2.98. The van der Waals surface area contributed by atoms with Gasteiger partial charge in [0.1, 0.15) is 11.4 Å². The van der Waals surface area contributed by atoms with E-state index in [0.717, 1.165) is 16.5 Å². The molecule has 2 aromatic rings. The number of ether oxygens (including phenoxy) is 1. The number of carbonyl (C=O) groups excluding carboxylic acids is 1. The molecule has 1 aromatic carbocycles. The number of aromatic amines is 1. The lowest BCUT2D eigenvalue weighted by Gasteiger charge is -2.32. The van der Waals surface area contributed by atoms with Gasteiger partial charge in [0.2, 0.25) is 0 Å². The minimum Gasteiger partial charge on any atom is -0.444 e. The normalized spacial score (nSPS) is 19.5. The highest BCUT2D eigenvalue weighted by Gasteiger charge is 2.51. The number of H-pyrrole nitrogens is 1. The molecule has 170 valence electrons. The average molecular weight is 429 g/mol. The molecule has 2 N–H and O–H groups in total. The van der Waals surface area contributed by atoms with Crippen molar-refractivity contribution in [1.29, 1.82) is 0 Å². The number of hydrogen-bond donors (Lipinski definition) is 2. The Balaban J connectivity index is 1.89. The molecule has 3 rings (SSSR count). The number of benzene rings is 1. The van der Waals surface area contributed by atoms with Crippen molar-refractivity contribution < 1.29 is 18.8 Å². The smallest absolute Gasteiger partial charge is 0.444 e. The summed E-state index contributed by atoms with van der Waals surface area (Å²) in [6.07, 6.45) is -0.467. The van der Waals surface area contributed by atoms with Crippen molar-refractivity contribution in [3.05, 3.63) is 24.0 Å². The molecule has 1 aliphatic heterocycles. The highest BCUT2D eigenvalue weighted by Crippen LogP contribution is 2.37. The fourth-order valence-corrected chi connectivity index (χ4v) is 3.43. The molecular formula is C23H36BN3O4. The van der Waals surface area contributed by atoms with E-state index in [0.29, 0.717) is 5.82 Å². The molecule has 8 heteroatoms. The van der Waals surface area contributed by atoms with Crippen LogP contribution in [0.2, 0.25) is 0 Å². The highest BCUT2D eigenvalue weighted by molar-refractivity contribution is 6.62. The Labute approximate surface area is 185 Å². The first-order valence-corrected chi connectivity index (χ1v) is 10.8. The molecule has 1 aliphatic rings. The Hall–Kier alpha value is -2.06. The number of fused-ring (bicyclic) bond motifs is 1. The van der Waals surface area contributed by atoms with Crippen molar-refractivity contribution in [2.45, 2.75) is 92.1 Å². The molecule has 0 spiro atoms. The summed E-state index contributed by atoms with van der Waals surface area (Å²) in [6, 6.07) is 5.58. The van der Waals surface area contributed by atoms with Crippen LogP contribution in [0.25, 0.3) is 11.0 Å². The molecule has 1 amide bonds. The number of rotatable bonds is 3. The third-order valence-electron chi connectivity index (χ3n) is 5.85. The number of nitrogens with zero attached hydrogens (tertiary/aromatic N) is 1. The number of carbonyl (C=O) groups is 1. The van der Waals surface area contributed by atoms with Gasteiger partial charge in [-0.2, -0.15) is 0 Å². The fourth-order valence-electron chi connectivity index (χ4n) is 3.43. The number of hydrogen-bond acceptors (Lipinski definition) is 5. The van der Waals surface area contributed by atoms with Crippen LogP contribution in [0, 0.1) is 5.41 Å². The van der Waals surface area contributed by atoms with Crippen molar-refractivity contribution in [2.75, 3.05) is 0 Å². The Kier molecular flexibility index (Phi) is 5.73. The topological polar surface area (TPSA) is 85.5 Å². The Morgan fingerprint density at radius 2 is 1.68 bits per heavy atom. The number of nitrogens with one attached hydrogen (secondary N) is 2. The zero-order valence-electron chi connectivity index (χ0n) is 20.5. The van der Waals surface area contributed by atoms with Crippen LogP contribution in [0.15, 0.2) is 18.2 Å². The van der Waals surface area contributed by atoms with E-state index in [1.165, 1.54) is 0 Å². The van der Waals surface area contributed by atoms with E-state index in [2.05, 4.69) is 31.1 Å². The van der Waals surface area contributed by atoms with Gasteiger partial charge in [-0.05, 0) is 71.5 Å². The summed E-state index contributed by atoms with van der Waals surface area (Å²) < 4.78 is 17.8. The first-order chi connectivity index (χ1) is 14.0. The zero-order chi connectivity index (χ0) is 23.4. The van der Waals surface area contributed by atoms with Crippen LogP contribution in [-0.2, 0) is 14.0 Å². The Morgan fingerprint density at radius 3 is 2.19 bits per heavy atom. The van der Waals surface area contributed by atoms with Gasteiger partial charge in [0.05, 0.1) is 28.3 Å². The molecule has 1 unspecified atom stereocenters. The molecule has 7 nitrogen and oxygen atoms in total. The molecule has 31 heavy (non-hydrogen) atoms. The maximum Gasteiger partial charge on any atom is 0.494 e. The second-order valence-electron chi connectivity index (χ2n) is 11.4. The van der Waals surface area contributed by atoms with Crippen LogP contribution >= 0.6 is 0 Å². The van der Waals surface area contributed by atoms with Gasteiger partial charge in [-0.25, -0.2) is 9.78 Å². The summed E-state index contributed by atoms with van der Waals surface area (Å²) in [6.45, 7) is 19.8. The van der Waals surface area contributed by atoms with E-state index in [4.69, 9.17) is 19.0 Å². The van der Waals surface area contributed by atoms with Gasteiger partial charge in [-0.15, -0.1) is 0 Å². The standard InChI is InChI=1S/C23H36BN3O4/c1-20(2,3)17(27-19(28)29-21(4,5)6)18-25-15-12-11-14(13-16(15)26-18)24-30-22(7,8)23(9,10)31-24/h11-13,17H,1-10H3,(H,25,26)(H,27,28). The van der Waals surface area contributed by atoms with Gasteiger partial charge in [0.25, 0.3) is 0 Å². The molecule has 1 aromatic heterocycles. The predicted molar refractivity (Wildman–Crippen MR) is 123 cm³/mol. The van der Waals surface area contributed by atoms with Crippen LogP contribution in [0.4, 0.5) is 4.79 Å². The Morgan fingerprint density at radius 1 is 1.10 bits per heavy atom. The molecule has 1 atom stereocenters. The van der Waals surface area contributed by atoms with Crippen molar-refractivity contribution in [3.8, 4) is 0 Å². The molecule has 1 saturated heterocycles. The third-order valence-corrected chi connectivity index (χ3v) is 5.85. The average Bonchev–Trinajstić information content (AvgIpc) is 3.07. The van der Waals surface area contributed by atoms with Crippen LogP contribution in [0.1, 0.15) is 81.1 Å². The fraction of sp³-hybridized carbons (Fsp3) is 0.652. The quantitative estimate of drug-likeness (QED) is 0.703. The van der Waals surface area contributed by atoms with Gasteiger partial charge in [0.15, 0.2) is 0 Å². The molecule has 0 radical (unpaired) electrons. The lowest BCUT2D eigenvalue weighted by molar-refractivity contribution is 0.00578. The van der Waals surface area contributed by atoms with E-state index >= 15 is 0 Å². The molecular weight excluding hydrogens is 393 g/mol. The number of aromatic nitrogens is 2. The first-order valence-electron chi connectivity index (χ1n) is 10.8. The van der Waals surface area contributed by atoms with E-state index in [9.17, 15) is 4.79 Å². The SMILES string of the molecule is CC(C)(C)OC(=O)NC(c1nc2cc(B3OC(C)(C)C(C)(C)O3)ccc2[nH]1)C(C)(C)C. The highest BCUT2D eigenvalue weighted by atomic mass is 16.7. The maximum atomic E-state index is 12.4. The summed E-state index contributed by atoms with van der Waals surface area (Å²) in [7, 11) is -0.451. The van der Waals surface area contributed by atoms with Crippen molar-refractivity contribution in [3.63, 3.8) is 0 Å². The van der Waals surface area contributed by atoms with Crippen LogP contribution in [-0.4, -0.2) is 40.0 Å².